The van der Waals surface area contributed by atoms with E-state index in [4.69, 9.17) is 5.73 Å². The van der Waals surface area contributed by atoms with Gasteiger partial charge in [0.05, 0.1) is 5.57 Å². The van der Waals surface area contributed by atoms with Crippen molar-refractivity contribution in [2.75, 3.05) is 0 Å². The van der Waals surface area contributed by atoms with Crippen molar-refractivity contribution < 1.29 is 9.90 Å². The molecule has 1 aromatic rings. The van der Waals surface area contributed by atoms with Crippen LogP contribution >= 0.6 is 0 Å². The molecule has 0 atom stereocenters. The number of Topliss-reactive ketones (excluding diaryl/α,β-unsaturated/α-hetero) is 1. The number of carbonyl (C=O) groups excluding carboxylic acids is 1. The number of carbonyl (C=O) groups is 1. The molecule has 3 heteroatoms. The van der Waals surface area contributed by atoms with E-state index in [9.17, 15) is 9.90 Å². The maximum Gasteiger partial charge on any atom is 0.195 e. The van der Waals surface area contributed by atoms with E-state index in [0.29, 0.717) is 16.7 Å². The van der Waals surface area contributed by atoms with E-state index in [1.165, 1.54) is 0 Å². The van der Waals surface area contributed by atoms with Crippen LogP contribution in [0.25, 0.3) is 5.76 Å². The zero-order valence-corrected chi connectivity index (χ0v) is 8.74. The summed E-state index contributed by atoms with van der Waals surface area (Å²) < 4.78 is 0. The Morgan fingerprint density at radius 1 is 1.20 bits per heavy atom. The van der Waals surface area contributed by atoms with Gasteiger partial charge in [-0.2, -0.15) is 0 Å². The predicted octanol–water partition coefficient (Wildman–Crippen LogP) is 1.89. The number of benzene rings is 1. The van der Waals surface area contributed by atoms with Crippen molar-refractivity contribution in [3.63, 3.8) is 0 Å². The predicted molar refractivity (Wildman–Crippen MR) is 58.6 cm³/mol. The first-order valence-electron chi connectivity index (χ1n) is 4.79. The average molecular weight is 203 g/mol. The number of aliphatic hydroxyl groups excluding tert-OH is 1. The summed E-state index contributed by atoms with van der Waals surface area (Å²) in [6.07, 6.45) is 0. The van der Waals surface area contributed by atoms with Crippen LogP contribution in [0.5, 0.6) is 0 Å². The Morgan fingerprint density at radius 2 is 1.73 bits per heavy atom. The van der Waals surface area contributed by atoms with E-state index < -0.39 is 5.54 Å². The molecular formula is C12H13NO2. The molecular weight excluding hydrogens is 190 g/mol. The zero-order chi connectivity index (χ0) is 11.2. The van der Waals surface area contributed by atoms with Crippen LogP contribution in [-0.2, 0) is 0 Å². The van der Waals surface area contributed by atoms with E-state index in [1.54, 1.807) is 38.1 Å². The van der Waals surface area contributed by atoms with Crippen molar-refractivity contribution >= 4 is 11.5 Å². The lowest BCUT2D eigenvalue weighted by atomic mass is 9.92. The minimum absolute atomic E-state index is 0.0168. The SMILES string of the molecule is CC(C)(N)C1=C(O)c2ccccc2C1=O. The van der Waals surface area contributed by atoms with Crippen LogP contribution in [0.15, 0.2) is 29.8 Å². The van der Waals surface area contributed by atoms with Crippen LogP contribution in [0.1, 0.15) is 29.8 Å². The number of aliphatic hydroxyl groups is 1. The minimum atomic E-state index is -0.819. The third-order valence-corrected chi connectivity index (χ3v) is 2.54. The van der Waals surface area contributed by atoms with Crippen LogP contribution in [0.3, 0.4) is 0 Å². The molecule has 1 aliphatic carbocycles. The second-order valence-corrected chi connectivity index (χ2v) is 4.32. The lowest BCUT2D eigenvalue weighted by molar-refractivity contribution is 0.102. The van der Waals surface area contributed by atoms with Crippen molar-refractivity contribution in [3.05, 3.63) is 41.0 Å². The standard InChI is InChI=1S/C12H13NO2/c1-12(2,13)9-10(14)7-5-3-4-6-8(7)11(9)15/h3-6,14H,13H2,1-2H3. The highest BCUT2D eigenvalue weighted by Gasteiger charge is 2.36. The first kappa shape index (κ1) is 9.93. The summed E-state index contributed by atoms with van der Waals surface area (Å²) in [5.41, 5.74) is 6.45. The monoisotopic (exact) mass is 203 g/mol. The lowest BCUT2D eigenvalue weighted by Gasteiger charge is -2.19. The Hall–Kier alpha value is -1.61. The van der Waals surface area contributed by atoms with Gasteiger partial charge in [-0.3, -0.25) is 4.79 Å². The molecule has 0 saturated carbocycles. The average Bonchev–Trinajstić information content (AvgIpc) is 2.39. The van der Waals surface area contributed by atoms with Gasteiger partial charge in [0.15, 0.2) is 5.78 Å². The number of rotatable bonds is 1. The Kier molecular flexibility index (Phi) is 1.94. The first-order chi connectivity index (χ1) is 6.93. The van der Waals surface area contributed by atoms with Gasteiger partial charge in [0.25, 0.3) is 0 Å². The molecule has 15 heavy (non-hydrogen) atoms. The van der Waals surface area contributed by atoms with Gasteiger partial charge in [0.2, 0.25) is 0 Å². The van der Waals surface area contributed by atoms with Crippen molar-refractivity contribution in [1.82, 2.24) is 0 Å². The molecule has 0 bridgehead atoms. The summed E-state index contributed by atoms with van der Waals surface area (Å²) in [6.45, 7) is 3.42. The summed E-state index contributed by atoms with van der Waals surface area (Å²) in [4.78, 5) is 12.0. The van der Waals surface area contributed by atoms with E-state index >= 15 is 0 Å². The summed E-state index contributed by atoms with van der Waals surface area (Å²) in [5.74, 6) is -0.154. The highest BCUT2D eigenvalue weighted by atomic mass is 16.3. The largest absolute Gasteiger partial charge is 0.507 e. The fourth-order valence-electron chi connectivity index (χ4n) is 1.86. The van der Waals surface area contributed by atoms with Gasteiger partial charge >= 0.3 is 0 Å². The summed E-state index contributed by atoms with van der Waals surface area (Å²) in [7, 11) is 0. The van der Waals surface area contributed by atoms with E-state index in [0.717, 1.165) is 0 Å². The van der Waals surface area contributed by atoms with Crippen LogP contribution in [0.4, 0.5) is 0 Å². The molecule has 3 N–H and O–H groups in total. The van der Waals surface area contributed by atoms with Crippen LogP contribution in [0.2, 0.25) is 0 Å². The van der Waals surface area contributed by atoms with Gasteiger partial charge in [0.1, 0.15) is 5.76 Å². The zero-order valence-electron chi connectivity index (χ0n) is 8.74. The van der Waals surface area contributed by atoms with Crippen LogP contribution < -0.4 is 5.73 Å². The third-order valence-electron chi connectivity index (χ3n) is 2.54. The van der Waals surface area contributed by atoms with Crippen molar-refractivity contribution in [2.24, 2.45) is 5.73 Å². The fraction of sp³-hybridized carbons (Fsp3) is 0.250. The van der Waals surface area contributed by atoms with Gasteiger partial charge < -0.3 is 10.8 Å². The summed E-state index contributed by atoms with van der Waals surface area (Å²) in [5, 5.41) is 9.93. The lowest BCUT2D eigenvalue weighted by Crippen LogP contribution is -2.37. The molecule has 0 spiro atoms. The van der Waals surface area contributed by atoms with Gasteiger partial charge in [-0.25, -0.2) is 0 Å². The highest BCUT2D eigenvalue weighted by molar-refractivity contribution is 6.20. The number of hydrogen-bond donors (Lipinski definition) is 2. The van der Waals surface area contributed by atoms with E-state index in [1.807, 2.05) is 0 Å². The minimum Gasteiger partial charge on any atom is -0.507 e. The van der Waals surface area contributed by atoms with Gasteiger partial charge in [-0.1, -0.05) is 24.3 Å². The highest BCUT2D eigenvalue weighted by Crippen LogP contribution is 2.35. The summed E-state index contributed by atoms with van der Waals surface area (Å²) >= 11 is 0. The fourth-order valence-corrected chi connectivity index (χ4v) is 1.86. The van der Waals surface area contributed by atoms with Gasteiger partial charge in [0, 0.05) is 16.7 Å². The molecule has 1 aliphatic rings. The molecule has 1 aromatic carbocycles. The molecule has 0 heterocycles. The van der Waals surface area contributed by atoms with E-state index in [2.05, 4.69) is 0 Å². The van der Waals surface area contributed by atoms with Crippen molar-refractivity contribution in [3.8, 4) is 0 Å². The Balaban J connectivity index is 2.66. The van der Waals surface area contributed by atoms with Crippen molar-refractivity contribution in [2.45, 2.75) is 19.4 Å². The molecule has 0 amide bonds. The van der Waals surface area contributed by atoms with E-state index in [-0.39, 0.29) is 11.5 Å². The molecule has 78 valence electrons. The smallest absolute Gasteiger partial charge is 0.195 e. The van der Waals surface area contributed by atoms with Gasteiger partial charge in [-0.15, -0.1) is 0 Å². The number of fused-ring (bicyclic) bond motifs is 1. The van der Waals surface area contributed by atoms with Crippen LogP contribution in [0, 0.1) is 0 Å². The normalized spacial score (nSPS) is 15.8. The maximum absolute atomic E-state index is 12.0. The van der Waals surface area contributed by atoms with Crippen molar-refractivity contribution in [1.29, 1.82) is 0 Å². The summed E-state index contributed by atoms with van der Waals surface area (Å²) in [6, 6.07) is 6.99. The number of nitrogens with two attached hydrogens (primary N) is 1. The second-order valence-electron chi connectivity index (χ2n) is 4.32. The van der Waals surface area contributed by atoms with Gasteiger partial charge in [-0.05, 0) is 13.8 Å². The topological polar surface area (TPSA) is 63.3 Å². The maximum atomic E-state index is 12.0. The number of ketones is 1. The molecule has 2 rings (SSSR count). The first-order valence-corrected chi connectivity index (χ1v) is 4.79. The Bertz CT molecular complexity index is 467. The molecule has 0 aliphatic heterocycles. The molecule has 0 radical (unpaired) electrons. The molecule has 0 saturated heterocycles. The number of hydrogen-bond acceptors (Lipinski definition) is 3. The molecule has 3 nitrogen and oxygen atoms in total. The molecule has 0 unspecified atom stereocenters. The third kappa shape index (κ3) is 1.36. The molecule has 0 fully saturated rings. The molecule has 0 aromatic heterocycles. The Labute approximate surface area is 88.2 Å². The Morgan fingerprint density at radius 3 is 2.20 bits per heavy atom. The second kappa shape index (κ2) is 2.94. The quantitative estimate of drug-likeness (QED) is 0.732. The van der Waals surface area contributed by atoms with Crippen LogP contribution in [-0.4, -0.2) is 16.4 Å².